The number of aromatic nitrogens is 1. The molecule has 0 radical (unpaired) electrons. The Hall–Kier alpha value is -1.37. The second-order valence-corrected chi connectivity index (χ2v) is 6.69. The van der Waals surface area contributed by atoms with Gasteiger partial charge >= 0.3 is 0 Å². The van der Waals surface area contributed by atoms with E-state index < -0.39 is 10.0 Å². The quantitative estimate of drug-likeness (QED) is 0.851. The van der Waals surface area contributed by atoms with Gasteiger partial charge in [-0.25, -0.2) is 8.42 Å². The fourth-order valence-corrected chi connectivity index (χ4v) is 3.82. The van der Waals surface area contributed by atoms with Crippen LogP contribution >= 0.6 is 11.6 Å². The van der Waals surface area contributed by atoms with E-state index in [0.717, 1.165) is 11.3 Å². The van der Waals surface area contributed by atoms with Crippen LogP contribution in [0.1, 0.15) is 11.3 Å². The van der Waals surface area contributed by atoms with Crippen LogP contribution in [0, 0.1) is 0 Å². The van der Waals surface area contributed by atoms with Crippen molar-refractivity contribution in [3.8, 4) is 0 Å². The fraction of sp³-hybridized carbons (Fsp3) is 0.250. The molecule has 0 fully saturated rings. The minimum Gasteiger partial charge on any atom is -0.361 e. The standard InChI is InChI=1S/C12H11ClN2O3S/c13-10-2-1-3-11(6-10)19(16,17)15-5-4-12-9(8-15)7-14-18-12/h1-3,6-7H,4-5,8H2. The Kier molecular flexibility index (Phi) is 3.08. The van der Waals surface area contributed by atoms with Crippen molar-refractivity contribution in [2.24, 2.45) is 0 Å². The van der Waals surface area contributed by atoms with E-state index in [4.69, 9.17) is 16.1 Å². The van der Waals surface area contributed by atoms with Gasteiger partial charge < -0.3 is 4.52 Å². The van der Waals surface area contributed by atoms with Crippen molar-refractivity contribution in [3.63, 3.8) is 0 Å². The highest BCUT2D eigenvalue weighted by molar-refractivity contribution is 7.89. The van der Waals surface area contributed by atoms with Crippen LogP contribution < -0.4 is 0 Å². The molecule has 1 aromatic carbocycles. The molecule has 19 heavy (non-hydrogen) atoms. The molecule has 3 rings (SSSR count). The molecule has 0 atom stereocenters. The SMILES string of the molecule is O=S(=O)(c1cccc(Cl)c1)N1CCc2oncc2C1. The molecular weight excluding hydrogens is 288 g/mol. The lowest BCUT2D eigenvalue weighted by atomic mass is 10.1. The first kappa shape index (κ1) is 12.7. The molecule has 1 aliphatic heterocycles. The number of hydrogen-bond acceptors (Lipinski definition) is 4. The number of fused-ring (bicyclic) bond motifs is 1. The average molecular weight is 299 g/mol. The Bertz CT molecular complexity index is 711. The third kappa shape index (κ3) is 2.27. The summed E-state index contributed by atoms with van der Waals surface area (Å²) in [6.45, 7) is 0.671. The number of hydrogen-bond donors (Lipinski definition) is 0. The summed E-state index contributed by atoms with van der Waals surface area (Å²) >= 11 is 5.85. The zero-order chi connectivity index (χ0) is 13.5. The van der Waals surface area contributed by atoms with Gasteiger partial charge in [0.15, 0.2) is 0 Å². The molecule has 1 aromatic heterocycles. The van der Waals surface area contributed by atoms with Crippen LogP contribution in [0.25, 0.3) is 0 Å². The molecule has 1 aliphatic rings. The molecule has 7 heteroatoms. The predicted octanol–water partition coefficient (Wildman–Crippen LogP) is 2.08. The highest BCUT2D eigenvalue weighted by atomic mass is 35.5. The first-order chi connectivity index (χ1) is 9.07. The normalized spacial score (nSPS) is 16.3. The molecule has 2 heterocycles. The second kappa shape index (κ2) is 4.63. The zero-order valence-corrected chi connectivity index (χ0v) is 11.5. The van der Waals surface area contributed by atoms with Crippen molar-refractivity contribution in [3.05, 3.63) is 46.8 Å². The molecule has 5 nitrogen and oxygen atoms in total. The van der Waals surface area contributed by atoms with E-state index in [0.29, 0.717) is 18.0 Å². The highest BCUT2D eigenvalue weighted by Crippen LogP contribution is 2.25. The largest absolute Gasteiger partial charge is 0.361 e. The third-order valence-electron chi connectivity index (χ3n) is 3.10. The number of sulfonamides is 1. The Labute approximate surface area is 115 Å². The minimum atomic E-state index is -3.53. The maximum atomic E-state index is 12.5. The van der Waals surface area contributed by atoms with Gasteiger partial charge in [0.05, 0.1) is 11.1 Å². The molecule has 0 unspecified atom stereocenters. The lowest BCUT2D eigenvalue weighted by molar-refractivity contribution is 0.331. The number of nitrogens with zero attached hydrogens (tertiary/aromatic N) is 2. The lowest BCUT2D eigenvalue weighted by Crippen LogP contribution is -2.35. The maximum Gasteiger partial charge on any atom is 0.243 e. The number of halogens is 1. The van der Waals surface area contributed by atoms with Crippen molar-refractivity contribution >= 4 is 21.6 Å². The summed E-state index contributed by atoms with van der Waals surface area (Å²) in [4.78, 5) is 0.208. The summed E-state index contributed by atoms with van der Waals surface area (Å²) in [5, 5.41) is 4.10. The van der Waals surface area contributed by atoms with Crippen LogP contribution in [-0.4, -0.2) is 24.4 Å². The van der Waals surface area contributed by atoms with Crippen LogP contribution in [0.2, 0.25) is 5.02 Å². The van der Waals surface area contributed by atoms with Gasteiger partial charge in [-0.3, -0.25) is 0 Å². The van der Waals surface area contributed by atoms with E-state index in [1.165, 1.54) is 10.4 Å². The number of benzene rings is 1. The van der Waals surface area contributed by atoms with Gasteiger partial charge in [-0.2, -0.15) is 4.31 Å². The Morgan fingerprint density at radius 2 is 2.21 bits per heavy atom. The third-order valence-corrected chi connectivity index (χ3v) is 5.17. The maximum absolute atomic E-state index is 12.5. The molecule has 0 N–H and O–H groups in total. The molecule has 2 aromatic rings. The summed E-state index contributed by atoms with van der Waals surface area (Å²) in [7, 11) is -3.53. The first-order valence-electron chi connectivity index (χ1n) is 5.75. The van der Waals surface area contributed by atoms with Crippen LogP contribution in [-0.2, 0) is 23.0 Å². The van der Waals surface area contributed by atoms with Crippen LogP contribution in [0.5, 0.6) is 0 Å². The summed E-state index contributed by atoms with van der Waals surface area (Å²) in [6, 6.07) is 6.28. The van der Waals surface area contributed by atoms with Gasteiger partial charge in [0.1, 0.15) is 5.76 Å². The summed E-state index contributed by atoms with van der Waals surface area (Å²) in [5.74, 6) is 0.762. The lowest BCUT2D eigenvalue weighted by Gasteiger charge is -2.24. The van der Waals surface area contributed by atoms with Crippen molar-refractivity contribution in [2.45, 2.75) is 17.9 Å². The molecule has 100 valence electrons. The van der Waals surface area contributed by atoms with E-state index in [-0.39, 0.29) is 11.4 Å². The van der Waals surface area contributed by atoms with Gasteiger partial charge in [-0.05, 0) is 18.2 Å². The molecule has 0 saturated carbocycles. The van der Waals surface area contributed by atoms with Crippen molar-refractivity contribution < 1.29 is 12.9 Å². The summed E-state index contributed by atoms with van der Waals surface area (Å²) < 4.78 is 31.4. The van der Waals surface area contributed by atoms with Gasteiger partial charge in [-0.1, -0.05) is 22.8 Å². The summed E-state index contributed by atoms with van der Waals surface area (Å²) in [5.41, 5.74) is 0.817. The van der Waals surface area contributed by atoms with Crippen molar-refractivity contribution in [1.29, 1.82) is 0 Å². The topological polar surface area (TPSA) is 63.4 Å². The van der Waals surface area contributed by atoms with E-state index in [2.05, 4.69) is 5.16 Å². The van der Waals surface area contributed by atoms with E-state index >= 15 is 0 Å². The van der Waals surface area contributed by atoms with E-state index in [1.807, 2.05) is 0 Å². The van der Waals surface area contributed by atoms with E-state index in [1.54, 1.807) is 24.4 Å². The van der Waals surface area contributed by atoms with Crippen LogP contribution in [0.4, 0.5) is 0 Å². The highest BCUT2D eigenvalue weighted by Gasteiger charge is 2.30. The molecule has 0 spiro atoms. The van der Waals surface area contributed by atoms with Crippen LogP contribution in [0.3, 0.4) is 0 Å². The Morgan fingerprint density at radius 1 is 1.37 bits per heavy atom. The van der Waals surface area contributed by atoms with Gasteiger partial charge in [-0.15, -0.1) is 0 Å². The predicted molar refractivity (Wildman–Crippen MR) is 69.3 cm³/mol. The Morgan fingerprint density at radius 3 is 3.00 bits per heavy atom. The van der Waals surface area contributed by atoms with E-state index in [9.17, 15) is 8.42 Å². The van der Waals surface area contributed by atoms with Gasteiger partial charge in [0, 0.05) is 30.1 Å². The molecule has 0 saturated heterocycles. The number of rotatable bonds is 2. The van der Waals surface area contributed by atoms with Crippen molar-refractivity contribution in [1.82, 2.24) is 9.46 Å². The monoisotopic (exact) mass is 298 g/mol. The molecular formula is C12H11ClN2O3S. The fourth-order valence-electron chi connectivity index (χ4n) is 2.10. The zero-order valence-electron chi connectivity index (χ0n) is 9.91. The molecule has 0 aliphatic carbocycles. The average Bonchev–Trinajstić information content (AvgIpc) is 2.85. The molecule has 0 amide bonds. The minimum absolute atomic E-state index is 0.208. The van der Waals surface area contributed by atoms with Gasteiger partial charge in [0.25, 0.3) is 0 Å². The Balaban J connectivity index is 1.94. The summed E-state index contributed by atoms with van der Waals surface area (Å²) in [6.07, 6.45) is 2.10. The van der Waals surface area contributed by atoms with Crippen molar-refractivity contribution in [2.75, 3.05) is 6.54 Å². The smallest absolute Gasteiger partial charge is 0.243 e. The molecule has 0 bridgehead atoms. The van der Waals surface area contributed by atoms with Gasteiger partial charge in [0.2, 0.25) is 10.0 Å². The van der Waals surface area contributed by atoms with Crippen LogP contribution in [0.15, 0.2) is 39.9 Å². The second-order valence-electron chi connectivity index (χ2n) is 4.32. The first-order valence-corrected chi connectivity index (χ1v) is 7.57.